The molecule has 1 unspecified atom stereocenters. The number of hydrogen-bond donors (Lipinski definition) is 1. The Balaban J connectivity index is 3.36. The van der Waals surface area contributed by atoms with Crippen molar-refractivity contribution in [3.63, 3.8) is 0 Å². The van der Waals surface area contributed by atoms with Gasteiger partial charge in [0.1, 0.15) is 6.10 Å². The lowest BCUT2D eigenvalue weighted by atomic mass is 9.91. The van der Waals surface area contributed by atoms with Crippen LogP contribution in [0.15, 0.2) is 28.7 Å². The lowest BCUT2D eigenvalue weighted by Crippen LogP contribution is -2.57. The number of halogens is 8. The number of hydrogen-bond acceptors (Lipinski definition) is 1. The molecular weight excluding hydrogens is 349 g/mol. The maximum atomic E-state index is 13.5. The van der Waals surface area contributed by atoms with Gasteiger partial charge in [0, 0.05) is 4.47 Å². The van der Waals surface area contributed by atoms with Gasteiger partial charge in [0.25, 0.3) is 0 Å². The first kappa shape index (κ1) is 16.2. The molecule has 0 aliphatic carbocycles. The molecule has 1 N–H and O–H groups in total. The van der Waals surface area contributed by atoms with Gasteiger partial charge in [-0.1, -0.05) is 28.1 Å². The zero-order valence-electron chi connectivity index (χ0n) is 8.86. The summed E-state index contributed by atoms with van der Waals surface area (Å²) >= 11 is 2.80. The summed E-state index contributed by atoms with van der Waals surface area (Å²) in [5.74, 6) is 0. The van der Waals surface area contributed by atoms with Crippen LogP contribution >= 0.6 is 15.9 Å². The Morgan fingerprint density at radius 1 is 0.947 bits per heavy atom. The first-order chi connectivity index (χ1) is 8.41. The number of benzene rings is 1. The summed E-state index contributed by atoms with van der Waals surface area (Å²) < 4.78 is 87.8. The van der Waals surface area contributed by atoms with Crippen LogP contribution in [0.4, 0.5) is 30.7 Å². The fraction of sp³-hybridized carbons (Fsp3) is 0.400. The Labute approximate surface area is 111 Å². The summed E-state index contributed by atoms with van der Waals surface area (Å²) in [5, 5.41) is 9.20. The van der Waals surface area contributed by atoms with E-state index in [1.165, 1.54) is 6.07 Å². The van der Waals surface area contributed by atoms with Gasteiger partial charge < -0.3 is 5.11 Å². The van der Waals surface area contributed by atoms with E-state index < -0.39 is 29.7 Å². The molecule has 0 amide bonds. The van der Waals surface area contributed by atoms with Crippen molar-refractivity contribution >= 4 is 15.9 Å². The van der Waals surface area contributed by atoms with Crippen LogP contribution in [0, 0.1) is 0 Å². The van der Waals surface area contributed by atoms with E-state index in [-0.39, 0.29) is 4.47 Å². The second kappa shape index (κ2) is 4.93. The lowest BCUT2D eigenvalue weighted by Gasteiger charge is -2.34. The Morgan fingerprint density at radius 3 is 1.79 bits per heavy atom. The molecule has 0 radical (unpaired) electrons. The van der Waals surface area contributed by atoms with E-state index in [9.17, 15) is 35.8 Å². The highest BCUT2D eigenvalue weighted by atomic mass is 79.9. The van der Waals surface area contributed by atoms with Gasteiger partial charge in [-0.05, 0) is 17.7 Å². The van der Waals surface area contributed by atoms with Crippen LogP contribution in [-0.4, -0.2) is 23.1 Å². The summed E-state index contributed by atoms with van der Waals surface area (Å²) in [5.41, 5.74) is -6.58. The molecule has 9 heteroatoms. The van der Waals surface area contributed by atoms with Gasteiger partial charge in [-0.2, -0.15) is 26.3 Å². The SMILES string of the molecule is OC(c1cccc(Br)c1)C(F)(C(F)(F)F)C(F)(F)F. The Morgan fingerprint density at radius 2 is 1.42 bits per heavy atom. The van der Waals surface area contributed by atoms with Gasteiger partial charge in [0.2, 0.25) is 0 Å². The van der Waals surface area contributed by atoms with Crippen LogP contribution in [-0.2, 0) is 0 Å². The molecule has 1 nitrogen and oxygen atoms in total. The summed E-state index contributed by atoms with van der Waals surface area (Å²) in [6.07, 6.45) is -16.0. The number of aliphatic hydroxyl groups excluding tert-OH is 1. The molecular formula is C10H6BrF7O. The van der Waals surface area contributed by atoms with E-state index in [4.69, 9.17) is 0 Å². The van der Waals surface area contributed by atoms with E-state index in [1.807, 2.05) is 0 Å². The summed E-state index contributed by atoms with van der Waals surface area (Å²) in [4.78, 5) is 0. The van der Waals surface area contributed by atoms with Crippen molar-refractivity contribution < 1.29 is 35.8 Å². The van der Waals surface area contributed by atoms with Gasteiger partial charge in [-0.15, -0.1) is 0 Å². The minimum Gasteiger partial charge on any atom is -0.384 e. The van der Waals surface area contributed by atoms with Gasteiger partial charge in [-0.25, -0.2) is 4.39 Å². The molecule has 1 atom stereocenters. The summed E-state index contributed by atoms with van der Waals surface area (Å²) in [7, 11) is 0. The first-order valence-electron chi connectivity index (χ1n) is 4.67. The standard InChI is InChI=1S/C10H6BrF7O/c11-6-3-1-2-5(4-6)7(19)8(12,9(13,14)15)10(16,17)18/h1-4,7,19H. The molecule has 0 aliphatic heterocycles. The van der Waals surface area contributed by atoms with Crippen molar-refractivity contribution in [1.82, 2.24) is 0 Å². The fourth-order valence-corrected chi connectivity index (χ4v) is 1.79. The highest BCUT2D eigenvalue weighted by Crippen LogP contribution is 2.53. The highest BCUT2D eigenvalue weighted by Gasteiger charge is 2.76. The van der Waals surface area contributed by atoms with Crippen LogP contribution in [0.2, 0.25) is 0 Å². The zero-order chi connectivity index (χ0) is 15.1. The van der Waals surface area contributed by atoms with Gasteiger partial charge in [0.05, 0.1) is 0 Å². The van der Waals surface area contributed by atoms with Crippen molar-refractivity contribution in [3.8, 4) is 0 Å². The molecule has 0 aromatic heterocycles. The summed E-state index contributed by atoms with van der Waals surface area (Å²) in [6.45, 7) is 0. The average molecular weight is 355 g/mol. The minimum absolute atomic E-state index is 0.107. The minimum atomic E-state index is -6.30. The fourth-order valence-electron chi connectivity index (χ4n) is 1.38. The van der Waals surface area contributed by atoms with Crippen LogP contribution in [0.5, 0.6) is 0 Å². The molecule has 0 bridgehead atoms. The monoisotopic (exact) mass is 354 g/mol. The van der Waals surface area contributed by atoms with Gasteiger partial charge >= 0.3 is 18.0 Å². The largest absolute Gasteiger partial charge is 0.434 e. The van der Waals surface area contributed by atoms with Gasteiger partial charge in [0.15, 0.2) is 0 Å². The Hall–Kier alpha value is -0.830. The van der Waals surface area contributed by atoms with Crippen LogP contribution in [0.25, 0.3) is 0 Å². The number of rotatable bonds is 2. The van der Waals surface area contributed by atoms with E-state index in [2.05, 4.69) is 15.9 Å². The van der Waals surface area contributed by atoms with Crippen LogP contribution in [0.3, 0.4) is 0 Å². The molecule has 0 spiro atoms. The molecule has 108 valence electrons. The van der Waals surface area contributed by atoms with E-state index in [0.29, 0.717) is 0 Å². The molecule has 1 aromatic carbocycles. The zero-order valence-corrected chi connectivity index (χ0v) is 10.4. The topological polar surface area (TPSA) is 20.2 Å². The van der Waals surface area contributed by atoms with Crippen molar-refractivity contribution in [3.05, 3.63) is 34.3 Å². The molecule has 0 fully saturated rings. The maximum Gasteiger partial charge on any atom is 0.434 e. The second-order valence-electron chi connectivity index (χ2n) is 3.66. The second-order valence-corrected chi connectivity index (χ2v) is 4.58. The molecule has 0 aliphatic rings. The number of aliphatic hydroxyl groups is 1. The Bertz CT molecular complexity index is 440. The quantitative estimate of drug-likeness (QED) is 0.784. The maximum absolute atomic E-state index is 13.5. The van der Waals surface area contributed by atoms with Crippen molar-refractivity contribution in [2.24, 2.45) is 0 Å². The molecule has 0 saturated carbocycles. The lowest BCUT2D eigenvalue weighted by molar-refractivity contribution is -0.366. The van der Waals surface area contributed by atoms with E-state index >= 15 is 0 Å². The molecule has 19 heavy (non-hydrogen) atoms. The third-order valence-electron chi connectivity index (χ3n) is 2.37. The third kappa shape index (κ3) is 2.86. The van der Waals surface area contributed by atoms with Crippen LogP contribution < -0.4 is 0 Å². The number of alkyl halides is 7. The first-order valence-corrected chi connectivity index (χ1v) is 5.46. The predicted molar refractivity (Wildman–Crippen MR) is 55.1 cm³/mol. The highest BCUT2D eigenvalue weighted by molar-refractivity contribution is 9.10. The van der Waals surface area contributed by atoms with Crippen molar-refractivity contribution in [1.29, 1.82) is 0 Å². The molecule has 0 heterocycles. The molecule has 0 saturated heterocycles. The third-order valence-corrected chi connectivity index (χ3v) is 2.86. The van der Waals surface area contributed by atoms with E-state index in [1.54, 1.807) is 0 Å². The van der Waals surface area contributed by atoms with Crippen molar-refractivity contribution in [2.75, 3.05) is 0 Å². The summed E-state index contributed by atoms with van der Waals surface area (Å²) in [6, 6.07) is 3.92. The Kier molecular flexibility index (Phi) is 4.21. The van der Waals surface area contributed by atoms with E-state index in [0.717, 1.165) is 18.2 Å². The van der Waals surface area contributed by atoms with Gasteiger partial charge in [-0.3, -0.25) is 0 Å². The van der Waals surface area contributed by atoms with Crippen LogP contribution in [0.1, 0.15) is 11.7 Å². The predicted octanol–water partition coefficient (Wildman–Crippen LogP) is 4.32. The van der Waals surface area contributed by atoms with Crippen molar-refractivity contribution in [2.45, 2.75) is 24.1 Å². The molecule has 1 aromatic rings. The smallest absolute Gasteiger partial charge is 0.384 e. The average Bonchev–Trinajstić information content (AvgIpc) is 2.23. The normalized spacial score (nSPS) is 15.4. The molecule has 1 rings (SSSR count).